The molecule has 2 aliphatic heterocycles. The van der Waals surface area contributed by atoms with Crippen LogP contribution in [0.2, 0.25) is 0 Å². The fourth-order valence-electron chi connectivity index (χ4n) is 4.50. The largest absolute Gasteiger partial charge is 0.354 e. The molecular formula is C23H28N6O. The van der Waals surface area contributed by atoms with Crippen LogP contribution < -0.4 is 10.2 Å². The molecule has 0 saturated carbocycles. The number of aryl methyl sites for hydroxylation is 1. The lowest BCUT2D eigenvalue weighted by atomic mass is 9.96. The highest BCUT2D eigenvalue weighted by Crippen LogP contribution is 2.32. The summed E-state index contributed by atoms with van der Waals surface area (Å²) in [6.45, 7) is 6.09. The van der Waals surface area contributed by atoms with E-state index in [-0.39, 0.29) is 11.8 Å². The molecule has 0 aliphatic carbocycles. The highest BCUT2D eigenvalue weighted by molar-refractivity contribution is 5.82. The first-order valence-corrected chi connectivity index (χ1v) is 10.7. The summed E-state index contributed by atoms with van der Waals surface area (Å²) in [6, 6.07) is 10.3. The topological polar surface area (TPSA) is 65.8 Å². The van der Waals surface area contributed by atoms with Crippen molar-refractivity contribution in [3.05, 3.63) is 58.9 Å². The van der Waals surface area contributed by atoms with E-state index in [0.29, 0.717) is 6.54 Å². The number of nitrogens with zero attached hydrogens (tertiary/aromatic N) is 5. The first-order valence-electron chi connectivity index (χ1n) is 10.7. The molecule has 1 amide bonds. The molecule has 4 heterocycles. The molecule has 0 atom stereocenters. The summed E-state index contributed by atoms with van der Waals surface area (Å²) < 4.78 is 1.95. The van der Waals surface area contributed by atoms with Crippen LogP contribution in [0, 0.1) is 12.8 Å². The summed E-state index contributed by atoms with van der Waals surface area (Å²) >= 11 is 0. The van der Waals surface area contributed by atoms with Crippen molar-refractivity contribution in [2.75, 3.05) is 38.1 Å². The number of hydrogen-bond donors (Lipinski definition) is 1. The van der Waals surface area contributed by atoms with Crippen LogP contribution in [0.5, 0.6) is 0 Å². The summed E-state index contributed by atoms with van der Waals surface area (Å²) in [5, 5.41) is 7.99. The number of benzene rings is 1. The Morgan fingerprint density at radius 1 is 1.17 bits per heavy atom. The summed E-state index contributed by atoms with van der Waals surface area (Å²) in [4.78, 5) is 22.0. The third kappa shape index (κ3) is 3.43. The van der Waals surface area contributed by atoms with Crippen molar-refractivity contribution < 1.29 is 4.79 Å². The molecule has 1 N–H and O–H groups in total. The lowest BCUT2D eigenvalue weighted by Crippen LogP contribution is -2.54. The highest BCUT2D eigenvalue weighted by atomic mass is 16.2. The van der Waals surface area contributed by atoms with E-state index in [4.69, 9.17) is 4.98 Å². The molecule has 2 aromatic heterocycles. The molecule has 2 aliphatic rings. The number of aromatic nitrogens is 3. The number of carbonyl (C=O) groups excluding carboxylic acids is 1. The van der Waals surface area contributed by atoms with Gasteiger partial charge in [0.15, 0.2) is 5.65 Å². The lowest BCUT2D eigenvalue weighted by Gasteiger charge is -2.42. The average Bonchev–Trinajstić information content (AvgIpc) is 3.04. The lowest BCUT2D eigenvalue weighted by molar-refractivity contribution is -0.135. The number of nitrogens with one attached hydrogen (secondary N) is 1. The normalized spacial score (nSPS) is 16.8. The minimum Gasteiger partial charge on any atom is -0.354 e. The number of anilines is 1. The molecule has 0 spiro atoms. The van der Waals surface area contributed by atoms with Gasteiger partial charge in [-0.1, -0.05) is 29.8 Å². The fourth-order valence-corrected chi connectivity index (χ4v) is 4.50. The minimum atomic E-state index is 0.0266. The van der Waals surface area contributed by atoms with Crippen molar-refractivity contribution in [2.45, 2.75) is 26.3 Å². The summed E-state index contributed by atoms with van der Waals surface area (Å²) in [7, 11) is 1.90. The van der Waals surface area contributed by atoms with E-state index in [9.17, 15) is 4.79 Å². The summed E-state index contributed by atoms with van der Waals surface area (Å²) in [5.74, 6) is 1.36. The Balaban J connectivity index is 1.32. The molecule has 1 fully saturated rings. The maximum atomic E-state index is 13.0. The molecule has 0 bridgehead atoms. The van der Waals surface area contributed by atoms with E-state index in [1.807, 2.05) is 22.5 Å². The van der Waals surface area contributed by atoms with Gasteiger partial charge in [-0.3, -0.25) is 4.79 Å². The third-order valence-electron chi connectivity index (χ3n) is 6.23. The van der Waals surface area contributed by atoms with Crippen molar-refractivity contribution in [2.24, 2.45) is 5.92 Å². The van der Waals surface area contributed by atoms with Crippen LogP contribution in [-0.2, 0) is 24.2 Å². The van der Waals surface area contributed by atoms with E-state index in [1.54, 1.807) is 6.20 Å². The number of fused-ring (bicyclic) bond motifs is 2. The summed E-state index contributed by atoms with van der Waals surface area (Å²) in [6.07, 6.45) is 3.68. The predicted octanol–water partition coefficient (Wildman–Crippen LogP) is 1.82. The zero-order chi connectivity index (χ0) is 20.7. The van der Waals surface area contributed by atoms with Crippen LogP contribution >= 0.6 is 0 Å². The molecule has 30 heavy (non-hydrogen) atoms. The SMILES string of the molecule is Cc1ccc(CN(C)C(=O)C2CN(c3c4c(nc5ccnn35)CCNCC4)C2)cc1. The Morgan fingerprint density at radius 3 is 2.73 bits per heavy atom. The molecular weight excluding hydrogens is 376 g/mol. The quantitative estimate of drug-likeness (QED) is 0.719. The number of amides is 1. The summed E-state index contributed by atoms with van der Waals surface area (Å²) in [5.41, 5.74) is 5.72. The van der Waals surface area contributed by atoms with Crippen LogP contribution in [0.3, 0.4) is 0 Å². The van der Waals surface area contributed by atoms with Gasteiger partial charge < -0.3 is 15.1 Å². The second-order valence-electron chi connectivity index (χ2n) is 8.49. The Hall–Kier alpha value is -2.93. The van der Waals surface area contributed by atoms with E-state index < -0.39 is 0 Å². The van der Waals surface area contributed by atoms with Crippen molar-refractivity contribution in [3.8, 4) is 0 Å². The Morgan fingerprint density at radius 2 is 1.93 bits per heavy atom. The second-order valence-corrected chi connectivity index (χ2v) is 8.49. The van der Waals surface area contributed by atoms with Crippen molar-refractivity contribution in [3.63, 3.8) is 0 Å². The zero-order valence-corrected chi connectivity index (χ0v) is 17.6. The Bertz CT molecular complexity index is 1070. The van der Waals surface area contributed by atoms with Crippen LogP contribution in [0.15, 0.2) is 36.5 Å². The molecule has 1 aromatic carbocycles. The number of rotatable bonds is 4. The van der Waals surface area contributed by atoms with Crippen molar-refractivity contribution >= 4 is 17.4 Å². The molecule has 7 nitrogen and oxygen atoms in total. The van der Waals surface area contributed by atoms with E-state index in [1.165, 1.54) is 11.1 Å². The van der Waals surface area contributed by atoms with Crippen LogP contribution in [0.1, 0.15) is 22.4 Å². The first-order chi connectivity index (χ1) is 14.6. The molecule has 0 radical (unpaired) electrons. The van der Waals surface area contributed by atoms with Gasteiger partial charge in [-0.25, -0.2) is 4.98 Å². The Kier molecular flexibility index (Phi) is 4.90. The molecule has 5 rings (SSSR count). The van der Waals surface area contributed by atoms with E-state index in [2.05, 4.69) is 46.5 Å². The molecule has 156 valence electrons. The van der Waals surface area contributed by atoms with Crippen molar-refractivity contribution in [1.29, 1.82) is 0 Å². The smallest absolute Gasteiger partial charge is 0.229 e. The highest BCUT2D eigenvalue weighted by Gasteiger charge is 2.37. The van der Waals surface area contributed by atoms with E-state index in [0.717, 1.165) is 61.7 Å². The van der Waals surface area contributed by atoms with Gasteiger partial charge in [-0.15, -0.1) is 0 Å². The van der Waals surface area contributed by atoms with Gasteiger partial charge in [0.1, 0.15) is 5.82 Å². The van der Waals surface area contributed by atoms with Crippen molar-refractivity contribution in [1.82, 2.24) is 24.8 Å². The molecule has 0 unspecified atom stereocenters. The van der Waals surface area contributed by atoms with Gasteiger partial charge in [-0.05, 0) is 25.5 Å². The Labute approximate surface area is 176 Å². The minimum absolute atomic E-state index is 0.0266. The van der Waals surface area contributed by atoms with Crippen LogP contribution in [0.4, 0.5) is 5.82 Å². The number of carbonyl (C=O) groups is 1. The number of hydrogen-bond acceptors (Lipinski definition) is 5. The molecule has 1 saturated heterocycles. The van der Waals surface area contributed by atoms with Crippen LogP contribution in [0.25, 0.3) is 5.65 Å². The maximum Gasteiger partial charge on any atom is 0.229 e. The van der Waals surface area contributed by atoms with Gasteiger partial charge in [0, 0.05) is 51.3 Å². The standard InChI is InChI=1S/C23H28N6O/c1-16-3-5-17(6-4-16)13-27(2)23(30)18-14-28(15-18)22-19-7-10-24-11-8-20(19)26-21-9-12-25-29(21)22/h3-6,9,12,18,24H,7-8,10-11,13-15H2,1-2H3. The molecule has 3 aromatic rings. The fraction of sp³-hybridized carbons (Fsp3) is 0.435. The van der Waals surface area contributed by atoms with Gasteiger partial charge in [0.05, 0.1) is 17.8 Å². The maximum absolute atomic E-state index is 13.0. The molecule has 7 heteroatoms. The predicted molar refractivity (Wildman–Crippen MR) is 117 cm³/mol. The zero-order valence-electron chi connectivity index (χ0n) is 17.6. The first kappa shape index (κ1) is 19.1. The van der Waals surface area contributed by atoms with Gasteiger partial charge in [-0.2, -0.15) is 9.61 Å². The van der Waals surface area contributed by atoms with Gasteiger partial charge >= 0.3 is 0 Å². The monoisotopic (exact) mass is 404 g/mol. The van der Waals surface area contributed by atoms with Gasteiger partial charge in [0.25, 0.3) is 0 Å². The second kappa shape index (κ2) is 7.72. The van der Waals surface area contributed by atoms with Crippen LogP contribution in [-0.4, -0.2) is 58.6 Å². The van der Waals surface area contributed by atoms with Gasteiger partial charge in [0.2, 0.25) is 5.91 Å². The third-order valence-corrected chi connectivity index (χ3v) is 6.23. The average molecular weight is 405 g/mol. The van der Waals surface area contributed by atoms with E-state index >= 15 is 0 Å².